The number of nitrogens with zero attached hydrogens (tertiary/aromatic N) is 1. The predicted molar refractivity (Wildman–Crippen MR) is 242 cm³/mol. The first kappa shape index (κ1) is 33.3. The molecular formula is C55H37NS. The lowest BCUT2D eigenvalue weighted by atomic mass is 9.67. The van der Waals surface area contributed by atoms with E-state index >= 15 is 0 Å². The van der Waals surface area contributed by atoms with Gasteiger partial charge in [-0.2, -0.15) is 0 Å². The second kappa shape index (κ2) is 13.6. The molecule has 0 amide bonds. The van der Waals surface area contributed by atoms with Gasteiger partial charge in [0.25, 0.3) is 0 Å². The lowest BCUT2D eigenvalue weighted by Crippen LogP contribution is -2.28. The minimum absolute atomic E-state index is 0.507. The third kappa shape index (κ3) is 5.37. The summed E-state index contributed by atoms with van der Waals surface area (Å²) in [5, 5.41) is 2.60. The molecule has 11 rings (SSSR count). The van der Waals surface area contributed by atoms with Crippen LogP contribution in [0.15, 0.2) is 224 Å². The van der Waals surface area contributed by atoms with Crippen LogP contribution in [0.2, 0.25) is 0 Å². The Morgan fingerprint density at radius 1 is 0.333 bits per heavy atom. The van der Waals surface area contributed by atoms with Crippen molar-refractivity contribution in [3.8, 4) is 33.4 Å². The second-order valence-corrected chi connectivity index (χ2v) is 15.9. The number of rotatable bonds is 7. The first-order chi connectivity index (χ1) is 28.3. The summed E-state index contributed by atoms with van der Waals surface area (Å²) in [6.45, 7) is 0. The van der Waals surface area contributed by atoms with Crippen LogP contribution in [-0.2, 0) is 5.41 Å². The quantitative estimate of drug-likeness (QED) is 0.157. The molecule has 0 unspecified atom stereocenters. The lowest BCUT2D eigenvalue weighted by Gasteiger charge is -2.35. The highest BCUT2D eigenvalue weighted by molar-refractivity contribution is 7.25. The molecule has 0 radical (unpaired) electrons. The molecule has 1 heterocycles. The summed E-state index contributed by atoms with van der Waals surface area (Å²) in [5.74, 6) is 0. The van der Waals surface area contributed by atoms with Gasteiger partial charge in [-0.15, -0.1) is 11.3 Å². The Morgan fingerprint density at radius 3 is 1.72 bits per heavy atom. The zero-order valence-electron chi connectivity index (χ0n) is 31.2. The molecule has 57 heavy (non-hydrogen) atoms. The molecule has 1 aliphatic rings. The van der Waals surface area contributed by atoms with Crippen LogP contribution in [0.3, 0.4) is 0 Å². The van der Waals surface area contributed by atoms with Crippen LogP contribution < -0.4 is 4.90 Å². The summed E-state index contributed by atoms with van der Waals surface area (Å²) in [6.07, 6.45) is 0. The number of hydrogen-bond acceptors (Lipinski definition) is 2. The van der Waals surface area contributed by atoms with E-state index < -0.39 is 5.41 Å². The standard InChI is InChI=1S/C55H37NS/c1-4-17-38(18-5-1)39-19-16-24-43(35-39)56(52-29-14-11-25-45(52)40-31-34-54-49(36-40)48-27-12-15-30-53(48)57-54)44-32-33-47-46-26-10-13-28-50(46)55(51(47)37-44,41-20-6-2-7-21-41)42-22-8-3-9-23-42/h1-37H. The first-order valence-corrected chi connectivity index (χ1v) is 20.4. The molecule has 0 saturated heterocycles. The Balaban J connectivity index is 1.18. The molecule has 10 aromatic rings. The van der Waals surface area contributed by atoms with E-state index in [4.69, 9.17) is 0 Å². The maximum absolute atomic E-state index is 2.47. The molecule has 0 N–H and O–H groups in total. The van der Waals surface area contributed by atoms with Crippen molar-refractivity contribution in [2.24, 2.45) is 0 Å². The average molecular weight is 744 g/mol. The normalized spacial score (nSPS) is 12.7. The Morgan fingerprint density at radius 2 is 0.930 bits per heavy atom. The summed E-state index contributed by atoms with van der Waals surface area (Å²) in [7, 11) is 0. The van der Waals surface area contributed by atoms with E-state index in [1.165, 1.54) is 75.8 Å². The molecule has 0 aliphatic heterocycles. The van der Waals surface area contributed by atoms with Gasteiger partial charge >= 0.3 is 0 Å². The van der Waals surface area contributed by atoms with E-state index in [2.05, 4.69) is 229 Å². The highest BCUT2D eigenvalue weighted by atomic mass is 32.1. The van der Waals surface area contributed by atoms with Crippen molar-refractivity contribution in [3.05, 3.63) is 247 Å². The molecule has 1 aromatic heterocycles. The van der Waals surface area contributed by atoms with Crippen LogP contribution in [0.5, 0.6) is 0 Å². The van der Waals surface area contributed by atoms with Gasteiger partial charge in [-0.1, -0.05) is 176 Å². The summed E-state index contributed by atoms with van der Waals surface area (Å²) in [5.41, 5.74) is 15.2. The van der Waals surface area contributed by atoms with Crippen LogP contribution >= 0.6 is 11.3 Å². The van der Waals surface area contributed by atoms with Crippen LogP contribution in [0.25, 0.3) is 53.6 Å². The SMILES string of the molecule is c1ccc(-c2cccc(N(c3ccc4c(c3)C(c3ccccc3)(c3ccccc3)c3ccccc3-4)c3ccccc3-c3ccc4sc5ccccc5c4c3)c2)cc1. The van der Waals surface area contributed by atoms with Crippen molar-refractivity contribution in [3.63, 3.8) is 0 Å². The van der Waals surface area contributed by atoms with Gasteiger partial charge in [0.15, 0.2) is 0 Å². The van der Waals surface area contributed by atoms with Gasteiger partial charge in [0.1, 0.15) is 0 Å². The predicted octanol–water partition coefficient (Wildman–Crippen LogP) is 15.2. The number of fused-ring (bicyclic) bond motifs is 6. The number of thiophene rings is 1. The van der Waals surface area contributed by atoms with Gasteiger partial charge in [0, 0.05) is 37.1 Å². The first-order valence-electron chi connectivity index (χ1n) is 19.6. The van der Waals surface area contributed by atoms with Crippen molar-refractivity contribution < 1.29 is 0 Å². The van der Waals surface area contributed by atoms with Crippen LogP contribution in [0, 0.1) is 0 Å². The Kier molecular flexibility index (Phi) is 7.98. The Labute approximate surface area is 337 Å². The van der Waals surface area contributed by atoms with Crippen molar-refractivity contribution in [2.75, 3.05) is 4.90 Å². The lowest BCUT2D eigenvalue weighted by molar-refractivity contribution is 0.768. The van der Waals surface area contributed by atoms with Gasteiger partial charge < -0.3 is 4.90 Å². The molecule has 1 nitrogen and oxygen atoms in total. The van der Waals surface area contributed by atoms with Crippen molar-refractivity contribution >= 4 is 48.6 Å². The van der Waals surface area contributed by atoms with Gasteiger partial charge in [-0.3, -0.25) is 0 Å². The molecule has 0 fully saturated rings. The second-order valence-electron chi connectivity index (χ2n) is 14.8. The number of hydrogen-bond donors (Lipinski definition) is 0. The van der Waals surface area contributed by atoms with Crippen molar-refractivity contribution in [1.29, 1.82) is 0 Å². The zero-order valence-corrected chi connectivity index (χ0v) is 32.0. The Bertz CT molecular complexity index is 3030. The molecule has 2 heteroatoms. The summed E-state index contributed by atoms with van der Waals surface area (Å²) in [4.78, 5) is 2.47. The molecule has 1 aliphatic carbocycles. The van der Waals surface area contributed by atoms with E-state index in [9.17, 15) is 0 Å². The van der Waals surface area contributed by atoms with E-state index in [-0.39, 0.29) is 0 Å². The van der Waals surface area contributed by atoms with Crippen molar-refractivity contribution in [1.82, 2.24) is 0 Å². The molecule has 0 saturated carbocycles. The van der Waals surface area contributed by atoms with Crippen LogP contribution in [0.1, 0.15) is 22.3 Å². The maximum Gasteiger partial charge on any atom is 0.0714 e. The molecule has 0 bridgehead atoms. The molecular weight excluding hydrogens is 707 g/mol. The van der Waals surface area contributed by atoms with Gasteiger partial charge in [0.2, 0.25) is 0 Å². The smallest absolute Gasteiger partial charge is 0.0714 e. The summed E-state index contributed by atoms with van der Waals surface area (Å²) < 4.78 is 2.62. The number of para-hydroxylation sites is 1. The zero-order chi connectivity index (χ0) is 37.8. The van der Waals surface area contributed by atoms with Gasteiger partial charge in [-0.25, -0.2) is 0 Å². The molecule has 9 aromatic carbocycles. The fraction of sp³-hybridized carbons (Fsp3) is 0.0182. The van der Waals surface area contributed by atoms with Crippen molar-refractivity contribution in [2.45, 2.75) is 5.41 Å². The monoisotopic (exact) mass is 743 g/mol. The average Bonchev–Trinajstić information content (AvgIpc) is 3.81. The topological polar surface area (TPSA) is 3.24 Å². The minimum atomic E-state index is -0.507. The van der Waals surface area contributed by atoms with E-state index in [0.29, 0.717) is 0 Å². The molecule has 268 valence electrons. The highest BCUT2D eigenvalue weighted by Crippen LogP contribution is 2.57. The number of anilines is 3. The fourth-order valence-corrected chi connectivity index (χ4v) is 10.3. The highest BCUT2D eigenvalue weighted by Gasteiger charge is 2.46. The maximum atomic E-state index is 2.47. The van der Waals surface area contributed by atoms with E-state index in [0.717, 1.165) is 17.1 Å². The number of benzene rings is 9. The van der Waals surface area contributed by atoms with Crippen LogP contribution in [-0.4, -0.2) is 0 Å². The van der Waals surface area contributed by atoms with Gasteiger partial charge in [-0.05, 0) is 98.6 Å². The van der Waals surface area contributed by atoms with Gasteiger partial charge in [0.05, 0.1) is 11.1 Å². The fourth-order valence-electron chi connectivity index (χ4n) is 9.26. The third-order valence-corrected chi connectivity index (χ3v) is 12.9. The van der Waals surface area contributed by atoms with E-state index in [1.807, 2.05) is 11.3 Å². The summed E-state index contributed by atoms with van der Waals surface area (Å²) >= 11 is 1.86. The molecule has 0 atom stereocenters. The van der Waals surface area contributed by atoms with Crippen LogP contribution in [0.4, 0.5) is 17.1 Å². The third-order valence-electron chi connectivity index (χ3n) is 11.7. The minimum Gasteiger partial charge on any atom is -0.310 e. The molecule has 0 spiro atoms. The summed E-state index contributed by atoms with van der Waals surface area (Å²) in [6, 6.07) is 82.6. The Hall–Kier alpha value is -7.00. The largest absolute Gasteiger partial charge is 0.310 e. The van der Waals surface area contributed by atoms with E-state index in [1.54, 1.807) is 0 Å².